The summed E-state index contributed by atoms with van der Waals surface area (Å²) in [6.07, 6.45) is 6.53. The van der Waals surface area contributed by atoms with Gasteiger partial charge >= 0.3 is 0 Å². The van der Waals surface area contributed by atoms with Gasteiger partial charge in [0.1, 0.15) is 5.82 Å². The topological polar surface area (TPSA) is 91.0 Å². The van der Waals surface area contributed by atoms with Crippen molar-refractivity contribution in [1.29, 1.82) is 0 Å². The quantitative estimate of drug-likeness (QED) is 0.642. The van der Waals surface area contributed by atoms with E-state index in [0.29, 0.717) is 25.2 Å². The lowest BCUT2D eigenvalue weighted by molar-refractivity contribution is 0.0727. The molecule has 1 aliphatic heterocycles. The molecule has 8 heteroatoms. The number of amides is 2. The highest BCUT2D eigenvalue weighted by Crippen LogP contribution is 2.27. The van der Waals surface area contributed by atoms with E-state index in [2.05, 4.69) is 20.5 Å². The highest BCUT2D eigenvalue weighted by atomic mass is 19.1. The number of hydrogen-bond acceptors (Lipinski definition) is 4. The van der Waals surface area contributed by atoms with Crippen molar-refractivity contribution in [2.75, 3.05) is 6.54 Å². The van der Waals surface area contributed by atoms with E-state index in [1.165, 1.54) is 12.1 Å². The van der Waals surface area contributed by atoms with E-state index >= 15 is 0 Å². The Bertz CT molecular complexity index is 1240. The number of fused-ring (bicyclic) bond motifs is 2. The van der Waals surface area contributed by atoms with Crippen LogP contribution in [-0.4, -0.2) is 38.4 Å². The first-order valence-corrected chi connectivity index (χ1v) is 11.4. The number of nitrogens with one attached hydrogen (secondary N) is 2. The standard InChI is InChI=1S/C25H26FN5O2/c1-15-20(13-28-24(32)18-6-2-4-8-21(18)26)17-10-11-31(14-16(17)12-27-15)25(33)23-19-7-3-5-9-22(19)29-30-23/h2,4,6,8,12H,3,5,7,9-11,13-14H2,1H3,(H,28,32)(H,29,30). The number of H-pyrrole nitrogens is 1. The summed E-state index contributed by atoms with van der Waals surface area (Å²) in [4.78, 5) is 32.0. The second-order valence-electron chi connectivity index (χ2n) is 8.70. The van der Waals surface area contributed by atoms with Crippen LogP contribution in [0.25, 0.3) is 0 Å². The molecule has 5 rings (SSSR count). The van der Waals surface area contributed by atoms with Gasteiger partial charge < -0.3 is 10.2 Å². The molecule has 170 valence electrons. The van der Waals surface area contributed by atoms with E-state index in [1.54, 1.807) is 12.1 Å². The fourth-order valence-corrected chi connectivity index (χ4v) is 4.85. The number of aromatic nitrogens is 3. The van der Waals surface area contributed by atoms with Crippen molar-refractivity contribution < 1.29 is 14.0 Å². The lowest BCUT2D eigenvalue weighted by atomic mass is 9.93. The van der Waals surface area contributed by atoms with Crippen LogP contribution in [0.15, 0.2) is 30.5 Å². The van der Waals surface area contributed by atoms with E-state index in [9.17, 15) is 14.0 Å². The molecule has 0 spiro atoms. The first kappa shape index (κ1) is 21.3. The zero-order valence-electron chi connectivity index (χ0n) is 18.6. The Kier molecular flexibility index (Phi) is 5.66. The summed E-state index contributed by atoms with van der Waals surface area (Å²) in [6, 6.07) is 5.93. The van der Waals surface area contributed by atoms with Crippen molar-refractivity contribution >= 4 is 11.8 Å². The minimum atomic E-state index is -0.547. The van der Waals surface area contributed by atoms with Crippen LogP contribution in [0.3, 0.4) is 0 Å². The molecule has 1 aliphatic carbocycles. The van der Waals surface area contributed by atoms with Gasteiger partial charge in [0.05, 0.1) is 5.56 Å². The Hall–Kier alpha value is -3.55. The zero-order chi connectivity index (χ0) is 22.9. The molecule has 33 heavy (non-hydrogen) atoms. The number of carbonyl (C=O) groups is 2. The van der Waals surface area contributed by atoms with Gasteiger partial charge in [-0.15, -0.1) is 0 Å². The largest absolute Gasteiger partial charge is 0.348 e. The molecule has 2 amide bonds. The molecule has 0 saturated heterocycles. The summed E-state index contributed by atoms with van der Waals surface area (Å²) in [6.45, 7) is 3.19. The maximum Gasteiger partial charge on any atom is 0.274 e. The zero-order valence-corrected chi connectivity index (χ0v) is 18.6. The number of aromatic amines is 1. The van der Waals surface area contributed by atoms with Gasteiger partial charge in [-0.05, 0) is 67.9 Å². The predicted molar refractivity (Wildman–Crippen MR) is 120 cm³/mol. The summed E-state index contributed by atoms with van der Waals surface area (Å²) in [5, 5.41) is 10.2. The Morgan fingerprint density at radius 2 is 1.97 bits per heavy atom. The molecule has 2 aliphatic rings. The van der Waals surface area contributed by atoms with Crippen molar-refractivity contribution in [2.45, 2.75) is 52.1 Å². The lowest BCUT2D eigenvalue weighted by Gasteiger charge is -2.30. The highest BCUT2D eigenvalue weighted by molar-refractivity contribution is 5.95. The van der Waals surface area contributed by atoms with Gasteiger partial charge in [0.2, 0.25) is 0 Å². The first-order valence-electron chi connectivity index (χ1n) is 11.4. The fraction of sp³-hybridized carbons (Fsp3) is 0.360. The average Bonchev–Trinajstić information content (AvgIpc) is 3.27. The van der Waals surface area contributed by atoms with Gasteiger partial charge in [-0.1, -0.05) is 12.1 Å². The van der Waals surface area contributed by atoms with Crippen molar-refractivity contribution in [1.82, 2.24) is 25.4 Å². The van der Waals surface area contributed by atoms with Crippen LogP contribution in [0.1, 0.15) is 67.3 Å². The average molecular weight is 448 g/mol. The number of hydrogen-bond donors (Lipinski definition) is 2. The lowest BCUT2D eigenvalue weighted by Crippen LogP contribution is -2.37. The summed E-state index contributed by atoms with van der Waals surface area (Å²) in [5.74, 6) is -1.05. The van der Waals surface area contributed by atoms with E-state index in [4.69, 9.17) is 0 Å². The molecule has 2 N–H and O–H groups in total. The number of nitrogens with zero attached hydrogens (tertiary/aromatic N) is 3. The predicted octanol–water partition coefficient (Wildman–Crippen LogP) is 3.26. The van der Waals surface area contributed by atoms with E-state index in [1.807, 2.05) is 18.0 Å². The van der Waals surface area contributed by atoms with Crippen LogP contribution < -0.4 is 5.32 Å². The van der Waals surface area contributed by atoms with Gasteiger partial charge in [0.15, 0.2) is 5.69 Å². The smallest absolute Gasteiger partial charge is 0.274 e. The summed E-state index contributed by atoms with van der Waals surface area (Å²) in [5.41, 5.74) is 6.55. The van der Waals surface area contributed by atoms with Crippen LogP contribution in [-0.2, 0) is 32.4 Å². The highest BCUT2D eigenvalue weighted by Gasteiger charge is 2.29. The minimum Gasteiger partial charge on any atom is -0.348 e. The third-order valence-corrected chi connectivity index (χ3v) is 6.69. The fourth-order valence-electron chi connectivity index (χ4n) is 4.85. The third-order valence-electron chi connectivity index (χ3n) is 6.69. The molecular weight excluding hydrogens is 421 g/mol. The maximum atomic E-state index is 13.9. The molecule has 0 unspecified atom stereocenters. The van der Waals surface area contributed by atoms with Crippen molar-refractivity contribution in [3.8, 4) is 0 Å². The second kappa shape index (κ2) is 8.77. The Labute approximate surface area is 191 Å². The van der Waals surface area contributed by atoms with E-state index in [-0.39, 0.29) is 18.0 Å². The molecule has 0 bridgehead atoms. The van der Waals surface area contributed by atoms with Crippen LogP contribution >= 0.6 is 0 Å². The molecule has 0 saturated carbocycles. The molecule has 1 aromatic carbocycles. The van der Waals surface area contributed by atoms with E-state index in [0.717, 1.165) is 59.3 Å². The van der Waals surface area contributed by atoms with Crippen LogP contribution in [0.5, 0.6) is 0 Å². The molecule has 7 nitrogen and oxygen atoms in total. The number of benzene rings is 1. The molecule has 0 radical (unpaired) electrons. The Morgan fingerprint density at radius 3 is 2.82 bits per heavy atom. The second-order valence-corrected chi connectivity index (χ2v) is 8.70. The number of rotatable bonds is 4. The van der Waals surface area contributed by atoms with Crippen LogP contribution in [0.2, 0.25) is 0 Å². The maximum absolute atomic E-state index is 13.9. The van der Waals surface area contributed by atoms with Crippen molar-refractivity contribution in [3.05, 3.63) is 81.2 Å². The monoisotopic (exact) mass is 447 g/mol. The van der Waals surface area contributed by atoms with Crippen molar-refractivity contribution in [3.63, 3.8) is 0 Å². The van der Waals surface area contributed by atoms with E-state index < -0.39 is 11.7 Å². The van der Waals surface area contributed by atoms with Crippen LogP contribution in [0.4, 0.5) is 4.39 Å². The van der Waals surface area contributed by atoms with Gasteiger partial charge in [-0.3, -0.25) is 19.7 Å². The Balaban J connectivity index is 1.33. The first-order chi connectivity index (χ1) is 16.0. The molecule has 3 aromatic rings. The Morgan fingerprint density at radius 1 is 1.15 bits per heavy atom. The summed E-state index contributed by atoms with van der Waals surface area (Å²) >= 11 is 0. The van der Waals surface area contributed by atoms with Crippen molar-refractivity contribution in [2.24, 2.45) is 0 Å². The number of pyridine rings is 1. The normalized spacial score (nSPS) is 15.0. The summed E-state index contributed by atoms with van der Waals surface area (Å²) < 4.78 is 13.9. The molecular formula is C25H26FN5O2. The summed E-state index contributed by atoms with van der Waals surface area (Å²) in [7, 11) is 0. The van der Waals surface area contributed by atoms with Crippen LogP contribution in [0, 0.1) is 12.7 Å². The SMILES string of the molecule is Cc1ncc2c(c1CNC(=O)c1ccccc1F)CCN(C(=O)c1n[nH]c3c1CCCC3)C2. The van der Waals surface area contributed by atoms with Gasteiger partial charge in [0.25, 0.3) is 11.8 Å². The number of aryl methyl sites for hydroxylation is 2. The van der Waals surface area contributed by atoms with Gasteiger partial charge in [0, 0.05) is 42.8 Å². The minimum absolute atomic E-state index is 0.0204. The van der Waals surface area contributed by atoms with Gasteiger partial charge in [-0.25, -0.2) is 4.39 Å². The number of carbonyl (C=O) groups excluding carboxylic acids is 2. The molecule has 0 fully saturated rings. The third kappa shape index (κ3) is 4.01. The number of halogens is 1. The molecule has 3 heterocycles. The molecule has 2 aromatic heterocycles. The molecule has 0 atom stereocenters. The van der Waals surface area contributed by atoms with Gasteiger partial charge in [-0.2, -0.15) is 5.10 Å².